The fourth-order valence-corrected chi connectivity index (χ4v) is 1.58. The fourth-order valence-electron chi connectivity index (χ4n) is 1.58. The quantitative estimate of drug-likeness (QED) is 0.507. The highest BCUT2D eigenvalue weighted by atomic mass is 16.3. The molecule has 17 heavy (non-hydrogen) atoms. The Kier molecular flexibility index (Phi) is 2.42. The van der Waals surface area contributed by atoms with Gasteiger partial charge in [-0.1, -0.05) is 17.3 Å². The number of fused-ring (bicyclic) bond motifs is 1. The Balaban J connectivity index is 1.83. The Morgan fingerprint density at radius 2 is 2.18 bits per heavy atom. The SMILES string of the molecule is C(=NCc1ccco1)n1nnc2ccccc21. The van der Waals surface area contributed by atoms with E-state index in [-0.39, 0.29) is 0 Å². The van der Waals surface area contributed by atoms with Gasteiger partial charge < -0.3 is 4.42 Å². The van der Waals surface area contributed by atoms with E-state index >= 15 is 0 Å². The Bertz CT molecular complexity index is 639. The molecule has 2 aromatic heterocycles. The number of aromatic nitrogens is 3. The third-order valence-electron chi connectivity index (χ3n) is 2.40. The summed E-state index contributed by atoms with van der Waals surface area (Å²) in [6, 6.07) is 11.5. The van der Waals surface area contributed by atoms with E-state index in [9.17, 15) is 0 Å². The summed E-state index contributed by atoms with van der Waals surface area (Å²) >= 11 is 0. The third kappa shape index (κ3) is 1.94. The van der Waals surface area contributed by atoms with Crippen molar-refractivity contribution < 1.29 is 4.42 Å². The average Bonchev–Trinajstić information content (AvgIpc) is 2.99. The smallest absolute Gasteiger partial charge is 0.125 e. The first kappa shape index (κ1) is 9.77. The standard InChI is InChI=1S/C12H10N4O/c1-2-6-12-11(5-1)14-15-16(12)9-13-8-10-4-3-7-17-10/h1-7,9H,8H2. The molecule has 0 saturated carbocycles. The van der Waals surface area contributed by atoms with Crippen LogP contribution in [0, 0.1) is 0 Å². The summed E-state index contributed by atoms with van der Waals surface area (Å²) in [5, 5.41) is 8.03. The van der Waals surface area contributed by atoms with Gasteiger partial charge in [0.25, 0.3) is 0 Å². The maximum absolute atomic E-state index is 5.18. The van der Waals surface area contributed by atoms with Gasteiger partial charge in [0, 0.05) is 0 Å². The molecular formula is C12H10N4O. The van der Waals surface area contributed by atoms with Gasteiger partial charge in [-0.3, -0.25) is 4.99 Å². The predicted octanol–water partition coefficient (Wildman–Crippen LogP) is 2.10. The molecule has 1 aromatic carbocycles. The zero-order chi connectivity index (χ0) is 11.5. The van der Waals surface area contributed by atoms with Gasteiger partial charge in [-0.05, 0) is 24.3 Å². The molecule has 0 bridgehead atoms. The third-order valence-corrected chi connectivity index (χ3v) is 2.40. The number of rotatable bonds is 3. The lowest BCUT2D eigenvalue weighted by Crippen LogP contribution is -1.97. The Hall–Kier alpha value is -2.43. The lowest BCUT2D eigenvalue weighted by molar-refractivity contribution is 0.513. The van der Waals surface area contributed by atoms with Crippen LogP contribution in [0.25, 0.3) is 11.0 Å². The summed E-state index contributed by atoms with van der Waals surface area (Å²) in [5.74, 6) is 0.825. The minimum atomic E-state index is 0.501. The van der Waals surface area contributed by atoms with Crippen molar-refractivity contribution in [2.24, 2.45) is 4.99 Å². The van der Waals surface area contributed by atoms with Gasteiger partial charge in [-0.25, -0.2) is 4.68 Å². The normalized spacial score (nSPS) is 11.5. The summed E-state index contributed by atoms with van der Waals surface area (Å²) in [4.78, 5) is 4.25. The van der Waals surface area contributed by atoms with E-state index in [1.54, 1.807) is 17.3 Å². The molecule has 0 aliphatic rings. The van der Waals surface area contributed by atoms with E-state index in [2.05, 4.69) is 15.3 Å². The molecule has 0 amide bonds. The molecule has 0 N–H and O–H groups in total. The highest BCUT2D eigenvalue weighted by Crippen LogP contribution is 2.08. The van der Waals surface area contributed by atoms with Gasteiger partial charge >= 0.3 is 0 Å². The number of benzene rings is 1. The second-order valence-electron chi connectivity index (χ2n) is 3.56. The minimum Gasteiger partial charge on any atom is -0.467 e. The largest absolute Gasteiger partial charge is 0.467 e. The first-order chi connectivity index (χ1) is 8.43. The van der Waals surface area contributed by atoms with Crippen molar-refractivity contribution in [3.05, 3.63) is 48.4 Å². The molecule has 84 valence electrons. The van der Waals surface area contributed by atoms with Crippen LogP contribution in [-0.2, 0) is 6.54 Å². The van der Waals surface area contributed by atoms with Crippen LogP contribution >= 0.6 is 0 Å². The molecule has 0 aliphatic carbocycles. The molecule has 0 saturated heterocycles. The van der Waals surface area contributed by atoms with Gasteiger partial charge in [0.1, 0.15) is 17.6 Å². The molecule has 0 aliphatic heterocycles. The molecule has 5 nitrogen and oxygen atoms in total. The van der Waals surface area contributed by atoms with Crippen LogP contribution in [0.2, 0.25) is 0 Å². The van der Waals surface area contributed by atoms with E-state index in [0.29, 0.717) is 6.54 Å². The number of furan rings is 1. The zero-order valence-corrected chi connectivity index (χ0v) is 9.02. The predicted molar refractivity (Wildman–Crippen MR) is 63.8 cm³/mol. The highest BCUT2D eigenvalue weighted by Gasteiger charge is 1.99. The summed E-state index contributed by atoms with van der Waals surface area (Å²) < 4.78 is 6.83. The first-order valence-corrected chi connectivity index (χ1v) is 5.26. The minimum absolute atomic E-state index is 0.501. The first-order valence-electron chi connectivity index (χ1n) is 5.26. The van der Waals surface area contributed by atoms with Gasteiger partial charge in [-0.15, -0.1) is 5.10 Å². The molecular weight excluding hydrogens is 216 g/mol. The number of hydrogen-bond donors (Lipinski definition) is 0. The molecule has 0 atom stereocenters. The van der Waals surface area contributed by atoms with Crippen molar-refractivity contribution in [1.82, 2.24) is 15.0 Å². The maximum Gasteiger partial charge on any atom is 0.125 e. The summed E-state index contributed by atoms with van der Waals surface area (Å²) in [6.45, 7) is 0.501. The molecule has 0 unspecified atom stereocenters. The number of nitrogens with zero attached hydrogens (tertiary/aromatic N) is 4. The molecule has 0 spiro atoms. The second kappa shape index (κ2) is 4.21. The van der Waals surface area contributed by atoms with Crippen LogP contribution < -0.4 is 0 Å². The van der Waals surface area contributed by atoms with Crippen LogP contribution in [0.3, 0.4) is 0 Å². The van der Waals surface area contributed by atoms with Crippen molar-refractivity contribution in [2.75, 3.05) is 0 Å². The van der Waals surface area contributed by atoms with Crippen molar-refractivity contribution in [1.29, 1.82) is 0 Å². The van der Waals surface area contributed by atoms with Crippen molar-refractivity contribution in [3.8, 4) is 0 Å². The monoisotopic (exact) mass is 226 g/mol. The van der Waals surface area contributed by atoms with E-state index in [0.717, 1.165) is 16.8 Å². The van der Waals surface area contributed by atoms with E-state index in [1.807, 2.05) is 36.4 Å². The summed E-state index contributed by atoms with van der Waals surface area (Å²) in [5.41, 5.74) is 1.80. The number of aliphatic imine (C=N–C) groups is 1. The fraction of sp³-hybridized carbons (Fsp3) is 0.0833. The summed E-state index contributed by atoms with van der Waals surface area (Å²) in [7, 11) is 0. The number of para-hydroxylation sites is 1. The molecule has 3 rings (SSSR count). The molecule has 3 aromatic rings. The van der Waals surface area contributed by atoms with E-state index < -0.39 is 0 Å². The molecule has 2 heterocycles. The Morgan fingerprint density at radius 3 is 3.06 bits per heavy atom. The Labute approximate surface area is 97.4 Å². The highest BCUT2D eigenvalue weighted by molar-refractivity contribution is 5.80. The van der Waals surface area contributed by atoms with Gasteiger partial charge in [0.05, 0.1) is 18.3 Å². The lowest BCUT2D eigenvalue weighted by atomic mass is 10.3. The lowest BCUT2D eigenvalue weighted by Gasteiger charge is -1.92. The van der Waals surface area contributed by atoms with Crippen LogP contribution in [0.5, 0.6) is 0 Å². The van der Waals surface area contributed by atoms with Gasteiger partial charge in [0.15, 0.2) is 0 Å². The zero-order valence-electron chi connectivity index (χ0n) is 9.02. The number of hydrogen-bond acceptors (Lipinski definition) is 4. The van der Waals surface area contributed by atoms with E-state index in [4.69, 9.17) is 4.42 Å². The van der Waals surface area contributed by atoms with Crippen LogP contribution in [0.15, 0.2) is 52.1 Å². The van der Waals surface area contributed by atoms with Crippen LogP contribution in [-0.4, -0.2) is 21.3 Å². The van der Waals surface area contributed by atoms with Crippen molar-refractivity contribution >= 4 is 17.4 Å². The van der Waals surface area contributed by atoms with Crippen LogP contribution in [0.4, 0.5) is 0 Å². The molecule has 0 radical (unpaired) electrons. The average molecular weight is 226 g/mol. The van der Waals surface area contributed by atoms with Crippen LogP contribution in [0.1, 0.15) is 5.76 Å². The van der Waals surface area contributed by atoms with Crippen molar-refractivity contribution in [2.45, 2.75) is 6.54 Å². The molecule has 5 heteroatoms. The van der Waals surface area contributed by atoms with Crippen molar-refractivity contribution in [3.63, 3.8) is 0 Å². The summed E-state index contributed by atoms with van der Waals surface area (Å²) in [6.07, 6.45) is 3.29. The second-order valence-corrected chi connectivity index (χ2v) is 3.56. The Morgan fingerprint density at radius 1 is 1.24 bits per heavy atom. The maximum atomic E-state index is 5.18. The topological polar surface area (TPSA) is 56.2 Å². The van der Waals surface area contributed by atoms with Gasteiger partial charge in [0.2, 0.25) is 0 Å². The molecule has 0 fully saturated rings. The van der Waals surface area contributed by atoms with E-state index in [1.165, 1.54) is 0 Å². The van der Waals surface area contributed by atoms with Gasteiger partial charge in [-0.2, -0.15) is 0 Å².